The number of hydrogen-bond acceptors (Lipinski definition) is 4. The molecule has 21 heavy (non-hydrogen) atoms. The Labute approximate surface area is 140 Å². The zero-order valence-corrected chi connectivity index (χ0v) is 14.1. The van der Waals surface area contributed by atoms with Gasteiger partial charge >= 0.3 is 0 Å². The van der Waals surface area contributed by atoms with Crippen LogP contribution in [0.1, 0.15) is 16.1 Å². The summed E-state index contributed by atoms with van der Waals surface area (Å²) in [4.78, 5) is 16.5. The average Bonchev–Trinajstić information content (AvgIpc) is 3.02. The van der Waals surface area contributed by atoms with Crippen molar-refractivity contribution < 1.29 is 9.90 Å². The molecule has 0 saturated heterocycles. The number of aryl methyl sites for hydroxylation is 1. The van der Waals surface area contributed by atoms with Gasteiger partial charge in [0.25, 0.3) is 5.91 Å². The molecule has 0 saturated carbocycles. The lowest BCUT2D eigenvalue weighted by Crippen LogP contribution is -2.25. The lowest BCUT2D eigenvalue weighted by atomic mass is 10.2. The maximum absolute atomic E-state index is 12.0. The number of carbonyl (C=O) groups is 1. The highest BCUT2D eigenvalue weighted by molar-refractivity contribution is 14.1. The van der Waals surface area contributed by atoms with Crippen LogP contribution in [0.5, 0.6) is 5.75 Å². The summed E-state index contributed by atoms with van der Waals surface area (Å²) in [5.74, 6) is 1.05. The first-order valence-electron chi connectivity index (χ1n) is 6.59. The van der Waals surface area contributed by atoms with Gasteiger partial charge in [-0.1, -0.05) is 11.8 Å². The van der Waals surface area contributed by atoms with Crippen LogP contribution >= 0.6 is 34.4 Å². The molecule has 5 nitrogen and oxygen atoms in total. The highest BCUT2D eigenvalue weighted by Gasteiger charge is 2.14. The highest BCUT2D eigenvalue weighted by Crippen LogP contribution is 2.24. The van der Waals surface area contributed by atoms with E-state index in [1.165, 1.54) is 6.07 Å². The van der Waals surface area contributed by atoms with Gasteiger partial charge in [-0.15, -0.1) is 0 Å². The summed E-state index contributed by atoms with van der Waals surface area (Å²) in [6.45, 7) is 1.55. The molecule has 0 radical (unpaired) electrons. The molecule has 1 aliphatic rings. The summed E-state index contributed by atoms with van der Waals surface area (Å²) < 4.78 is 2.88. The van der Waals surface area contributed by atoms with E-state index in [4.69, 9.17) is 0 Å². The van der Waals surface area contributed by atoms with E-state index >= 15 is 0 Å². The van der Waals surface area contributed by atoms with E-state index < -0.39 is 0 Å². The van der Waals surface area contributed by atoms with Crippen molar-refractivity contribution in [3.05, 3.63) is 39.2 Å². The normalized spacial score (nSPS) is 13.2. The molecule has 0 atom stereocenters. The summed E-state index contributed by atoms with van der Waals surface area (Å²) in [6.07, 6.45) is 2.76. The number of hydrogen-bond donors (Lipinski definition) is 2. The van der Waals surface area contributed by atoms with Gasteiger partial charge < -0.3 is 15.0 Å². The monoisotopic (exact) mass is 415 g/mol. The van der Waals surface area contributed by atoms with E-state index in [2.05, 4.69) is 21.1 Å². The van der Waals surface area contributed by atoms with Crippen molar-refractivity contribution in [2.45, 2.75) is 18.1 Å². The lowest BCUT2D eigenvalue weighted by molar-refractivity contribution is 0.0953. The largest absolute Gasteiger partial charge is 0.507 e. The number of phenolic OH excluding ortho intramolecular Hbond substituents is 1. The van der Waals surface area contributed by atoms with Crippen LogP contribution in [0.2, 0.25) is 0 Å². The van der Waals surface area contributed by atoms with Gasteiger partial charge in [-0.3, -0.25) is 4.79 Å². The minimum atomic E-state index is -0.178. The maximum Gasteiger partial charge on any atom is 0.251 e. The van der Waals surface area contributed by atoms with Crippen LogP contribution in [0.15, 0.2) is 29.6 Å². The average molecular weight is 415 g/mol. The number of benzene rings is 1. The molecular formula is C14H14IN3O2S. The Morgan fingerprint density at radius 1 is 1.52 bits per heavy atom. The third-order valence-electron chi connectivity index (χ3n) is 3.23. The van der Waals surface area contributed by atoms with E-state index in [0.717, 1.165) is 26.7 Å². The third-order valence-corrected chi connectivity index (χ3v) is 5.11. The van der Waals surface area contributed by atoms with E-state index in [1.807, 2.05) is 22.6 Å². The standard InChI is InChI=1S/C14H14IN3O2S/c15-11-2-1-9(7-12(11)19)13(20)16-4-3-10-8-18-5-6-21-14(18)17-10/h1-2,7-8,19H,3-6H2,(H,16,20). The quantitative estimate of drug-likeness (QED) is 0.753. The predicted octanol–water partition coefficient (Wildman–Crippen LogP) is 2.27. The smallest absolute Gasteiger partial charge is 0.251 e. The van der Waals surface area contributed by atoms with Crippen LogP contribution in [0.4, 0.5) is 0 Å². The van der Waals surface area contributed by atoms with E-state index in [-0.39, 0.29) is 11.7 Å². The molecule has 1 aromatic carbocycles. The van der Waals surface area contributed by atoms with E-state index in [0.29, 0.717) is 18.5 Å². The molecule has 3 rings (SSSR count). The van der Waals surface area contributed by atoms with Gasteiger partial charge in [0.1, 0.15) is 5.75 Å². The van der Waals surface area contributed by atoms with Crippen LogP contribution in [-0.2, 0) is 13.0 Å². The summed E-state index contributed by atoms with van der Waals surface area (Å²) >= 11 is 3.79. The molecule has 0 fully saturated rings. The number of carbonyl (C=O) groups excluding carboxylic acids is 1. The fourth-order valence-electron chi connectivity index (χ4n) is 2.14. The number of phenols is 1. The molecule has 0 unspecified atom stereocenters. The number of halogens is 1. The fraction of sp³-hybridized carbons (Fsp3) is 0.286. The van der Waals surface area contributed by atoms with Gasteiger partial charge in [0, 0.05) is 37.0 Å². The Morgan fingerprint density at radius 2 is 2.38 bits per heavy atom. The third kappa shape index (κ3) is 3.34. The van der Waals surface area contributed by atoms with Crippen molar-refractivity contribution in [3.8, 4) is 5.75 Å². The number of rotatable bonds is 4. The summed E-state index contributed by atoms with van der Waals surface area (Å²) in [5.41, 5.74) is 1.47. The molecular weight excluding hydrogens is 401 g/mol. The molecule has 7 heteroatoms. The first-order chi connectivity index (χ1) is 10.1. The maximum atomic E-state index is 12.0. The number of nitrogens with one attached hydrogen (secondary N) is 1. The Kier molecular flexibility index (Phi) is 4.39. The zero-order chi connectivity index (χ0) is 14.8. The van der Waals surface area contributed by atoms with E-state index in [1.54, 1.807) is 23.9 Å². The molecule has 2 heterocycles. The van der Waals surface area contributed by atoms with E-state index in [9.17, 15) is 9.90 Å². The summed E-state index contributed by atoms with van der Waals surface area (Å²) in [6, 6.07) is 4.92. The molecule has 0 bridgehead atoms. The second-order valence-corrected chi connectivity index (χ2v) is 6.95. The van der Waals surface area contributed by atoms with Gasteiger partial charge in [-0.25, -0.2) is 4.98 Å². The van der Waals surface area contributed by atoms with Crippen molar-refractivity contribution in [2.24, 2.45) is 0 Å². The molecule has 2 N–H and O–H groups in total. The Balaban J connectivity index is 1.54. The number of aromatic nitrogens is 2. The van der Waals surface area contributed by atoms with Gasteiger partial charge in [0.05, 0.1) is 9.26 Å². The van der Waals surface area contributed by atoms with Crippen molar-refractivity contribution in [1.82, 2.24) is 14.9 Å². The minimum Gasteiger partial charge on any atom is -0.507 e. The molecule has 0 spiro atoms. The molecule has 110 valence electrons. The molecule has 1 aromatic heterocycles. The number of fused-ring (bicyclic) bond motifs is 1. The van der Waals surface area contributed by atoms with Crippen molar-refractivity contribution in [1.29, 1.82) is 0 Å². The SMILES string of the molecule is O=C(NCCc1cn2c(n1)SCC2)c1ccc(I)c(O)c1. The Morgan fingerprint density at radius 3 is 3.14 bits per heavy atom. The van der Waals surface area contributed by atoms with Crippen LogP contribution in [0.25, 0.3) is 0 Å². The van der Waals surface area contributed by atoms with Gasteiger partial charge in [-0.05, 0) is 40.8 Å². The summed E-state index contributed by atoms with van der Waals surface area (Å²) in [7, 11) is 0. The van der Waals surface area contributed by atoms with Gasteiger partial charge in [0.15, 0.2) is 5.16 Å². The number of nitrogens with zero attached hydrogens (tertiary/aromatic N) is 2. The summed E-state index contributed by atoms with van der Waals surface area (Å²) in [5, 5.41) is 13.5. The molecule has 2 aromatic rings. The van der Waals surface area contributed by atoms with Crippen molar-refractivity contribution in [3.63, 3.8) is 0 Å². The number of thioether (sulfide) groups is 1. The first-order valence-corrected chi connectivity index (χ1v) is 8.65. The molecule has 1 aliphatic heterocycles. The Hall–Kier alpha value is -1.22. The van der Waals surface area contributed by atoms with Crippen LogP contribution < -0.4 is 5.32 Å². The lowest BCUT2D eigenvalue weighted by Gasteiger charge is -2.05. The highest BCUT2D eigenvalue weighted by atomic mass is 127. The fourth-order valence-corrected chi connectivity index (χ4v) is 3.44. The number of aromatic hydroxyl groups is 1. The minimum absolute atomic E-state index is 0.130. The topological polar surface area (TPSA) is 67.2 Å². The van der Waals surface area contributed by atoms with Crippen molar-refractivity contribution in [2.75, 3.05) is 12.3 Å². The predicted molar refractivity (Wildman–Crippen MR) is 89.8 cm³/mol. The van der Waals surface area contributed by atoms with Crippen molar-refractivity contribution >= 4 is 40.3 Å². The molecule has 0 aliphatic carbocycles. The number of imidazole rings is 1. The second-order valence-electron chi connectivity index (χ2n) is 4.73. The van der Waals surface area contributed by atoms with Crippen LogP contribution in [-0.4, -0.2) is 32.9 Å². The number of amides is 1. The molecule has 1 amide bonds. The van der Waals surface area contributed by atoms with Crippen LogP contribution in [0.3, 0.4) is 0 Å². The van der Waals surface area contributed by atoms with Crippen LogP contribution in [0, 0.1) is 3.57 Å². The Bertz CT molecular complexity index is 665. The zero-order valence-electron chi connectivity index (χ0n) is 11.2. The first kappa shape index (κ1) is 14.7. The van der Waals surface area contributed by atoms with Gasteiger partial charge in [-0.2, -0.15) is 0 Å². The second kappa shape index (κ2) is 6.27. The van der Waals surface area contributed by atoms with Gasteiger partial charge in [0.2, 0.25) is 0 Å².